The number of rotatable bonds is 1. The van der Waals surface area contributed by atoms with Gasteiger partial charge in [0.15, 0.2) is 0 Å². The lowest BCUT2D eigenvalue weighted by molar-refractivity contribution is 0.908. The van der Waals surface area contributed by atoms with Crippen LogP contribution in [-0.2, 0) is 19.3 Å². The molecule has 1 aliphatic rings. The average Bonchev–Trinajstić information content (AvgIpc) is 2.52. The molecular weight excluding hydrogens is 242 g/mol. The Morgan fingerprint density at radius 2 is 1.75 bits per heavy atom. The number of para-hydroxylation sites is 1. The van der Waals surface area contributed by atoms with E-state index in [0.29, 0.717) is 0 Å². The molecule has 0 N–H and O–H groups in total. The van der Waals surface area contributed by atoms with Crippen molar-refractivity contribution < 1.29 is 0 Å². The van der Waals surface area contributed by atoms with Crippen LogP contribution in [0.15, 0.2) is 48.5 Å². The Balaban J connectivity index is 2.11. The molecule has 98 valence electrons. The van der Waals surface area contributed by atoms with E-state index < -0.39 is 0 Å². The van der Waals surface area contributed by atoms with Gasteiger partial charge in [0.05, 0.1) is 11.2 Å². The fourth-order valence-electron chi connectivity index (χ4n) is 3.44. The van der Waals surface area contributed by atoms with E-state index in [0.717, 1.165) is 24.8 Å². The lowest BCUT2D eigenvalue weighted by Gasteiger charge is -2.22. The first kappa shape index (κ1) is 11.7. The van der Waals surface area contributed by atoms with Gasteiger partial charge >= 0.3 is 0 Å². The minimum absolute atomic E-state index is 1.08. The van der Waals surface area contributed by atoms with Crippen LogP contribution >= 0.6 is 0 Å². The number of benzene rings is 2. The molecule has 0 aliphatic heterocycles. The topological polar surface area (TPSA) is 12.9 Å². The van der Waals surface area contributed by atoms with Crippen LogP contribution in [-0.4, -0.2) is 4.98 Å². The molecule has 0 saturated carbocycles. The Morgan fingerprint density at radius 1 is 0.950 bits per heavy atom. The van der Waals surface area contributed by atoms with E-state index in [2.05, 4.69) is 55.5 Å². The largest absolute Gasteiger partial charge is 0.247 e. The highest BCUT2D eigenvalue weighted by atomic mass is 14.7. The molecule has 0 atom stereocenters. The molecule has 2 aromatic carbocycles. The quantitative estimate of drug-likeness (QED) is 0.624. The third-order valence-electron chi connectivity index (χ3n) is 4.38. The number of aromatic nitrogens is 1. The predicted molar refractivity (Wildman–Crippen MR) is 84.0 cm³/mol. The number of aryl methyl sites for hydroxylation is 2. The van der Waals surface area contributed by atoms with E-state index >= 15 is 0 Å². The van der Waals surface area contributed by atoms with Crippen LogP contribution in [0.3, 0.4) is 0 Å². The summed E-state index contributed by atoms with van der Waals surface area (Å²) in [6, 6.07) is 17.2. The average molecular weight is 259 g/mol. The van der Waals surface area contributed by atoms with Gasteiger partial charge in [-0.25, -0.2) is 4.98 Å². The zero-order chi connectivity index (χ0) is 13.5. The summed E-state index contributed by atoms with van der Waals surface area (Å²) >= 11 is 0. The van der Waals surface area contributed by atoms with Crippen molar-refractivity contribution in [2.24, 2.45) is 0 Å². The Bertz CT molecular complexity index is 802. The molecule has 0 saturated heterocycles. The highest BCUT2D eigenvalue weighted by molar-refractivity contribution is 5.88. The fourth-order valence-corrected chi connectivity index (χ4v) is 3.44. The second-order valence-electron chi connectivity index (χ2n) is 5.45. The maximum Gasteiger partial charge on any atom is 0.0747 e. The molecule has 1 heteroatoms. The molecule has 1 aromatic heterocycles. The summed E-state index contributed by atoms with van der Waals surface area (Å²) in [5.41, 5.74) is 8.05. The summed E-state index contributed by atoms with van der Waals surface area (Å²) in [6.07, 6.45) is 3.33. The molecule has 3 aromatic rings. The zero-order valence-electron chi connectivity index (χ0n) is 11.7. The van der Waals surface area contributed by atoms with Gasteiger partial charge in [0.2, 0.25) is 0 Å². The molecule has 1 nitrogen and oxygen atoms in total. The molecule has 0 bridgehead atoms. The van der Waals surface area contributed by atoms with Crippen molar-refractivity contribution in [1.29, 1.82) is 0 Å². The molecule has 0 radical (unpaired) electrons. The first-order valence-electron chi connectivity index (χ1n) is 7.37. The smallest absolute Gasteiger partial charge is 0.0747 e. The van der Waals surface area contributed by atoms with E-state index in [1.165, 1.54) is 33.3 Å². The first-order chi connectivity index (χ1) is 9.88. The number of hydrogen-bond acceptors (Lipinski definition) is 1. The standard InChI is InChI=1S/C19H17N/c1-2-14-16-9-5-6-10-18(16)20-19-15-8-4-3-7-13(15)11-12-17(14)19/h3-10H,2,11-12H2,1H3. The fraction of sp³-hybridized carbons (Fsp3) is 0.211. The summed E-state index contributed by atoms with van der Waals surface area (Å²) in [7, 11) is 0. The van der Waals surface area contributed by atoms with Crippen molar-refractivity contribution in [3.05, 3.63) is 65.2 Å². The van der Waals surface area contributed by atoms with Crippen LogP contribution in [0.1, 0.15) is 23.6 Å². The summed E-state index contributed by atoms with van der Waals surface area (Å²) < 4.78 is 0. The van der Waals surface area contributed by atoms with E-state index in [-0.39, 0.29) is 0 Å². The first-order valence-corrected chi connectivity index (χ1v) is 7.37. The van der Waals surface area contributed by atoms with Crippen LogP contribution in [0.4, 0.5) is 0 Å². The highest BCUT2D eigenvalue weighted by Gasteiger charge is 2.21. The number of pyridine rings is 1. The number of hydrogen-bond donors (Lipinski definition) is 0. The summed E-state index contributed by atoms with van der Waals surface area (Å²) in [5.74, 6) is 0. The molecule has 0 fully saturated rings. The van der Waals surface area contributed by atoms with Gasteiger partial charge in [0.1, 0.15) is 0 Å². The normalized spacial score (nSPS) is 13.1. The van der Waals surface area contributed by atoms with E-state index in [1.807, 2.05) is 0 Å². The monoisotopic (exact) mass is 259 g/mol. The Labute approximate surface area is 119 Å². The van der Waals surface area contributed by atoms with Gasteiger partial charge < -0.3 is 0 Å². The highest BCUT2D eigenvalue weighted by Crippen LogP contribution is 2.36. The van der Waals surface area contributed by atoms with Crippen LogP contribution in [0.2, 0.25) is 0 Å². The van der Waals surface area contributed by atoms with Crippen LogP contribution in [0.5, 0.6) is 0 Å². The second kappa shape index (κ2) is 4.45. The van der Waals surface area contributed by atoms with Crippen molar-refractivity contribution in [1.82, 2.24) is 4.98 Å². The predicted octanol–water partition coefficient (Wildman–Crippen LogP) is 4.56. The maximum atomic E-state index is 4.97. The van der Waals surface area contributed by atoms with E-state index in [4.69, 9.17) is 4.98 Å². The van der Waals surface area contributed by atoms with Crippen molar-refractivity contribution >= 4 is 10.9 Å². The van der Waals surface area contributed by atoms with Crippen molar-refractivity contribution in [2.75, 3.05) is 0 Å². The molecule has 0 unspecified atom stereocenters. The van der Waals surface area contributed by atoms with Gasteiger partial charge in [-0.1, -0.05) is 49.4 Å². The molecule has 20 heavy (non-hydrogen) atoms. The van der Waals surface area contributed by atoms with Crippen molar-refractivity contribution in [2.45, 2.75) is 26.2 Å². The van der Waals surface area contributed by atoms with Gasteiger partial charge in [0, 0.05) is 10.9 Å². The molecule has 0 amide bonds. The van der Waals surface area contributed by atoms with Crippen LogP contribution in [0, 0.1) is 0 Å². The molecular formula is C19H17N. The van der Waals surface area contributed by atoms with Crippen LogP contribution in [0.25, 0.3) is 22.2 Å². The molecule has 0 spiro atoms. The minimum atomic E-state index is 1.08. The summed E-state index contributed by atoms with van der Waals surface area (Å²) in [6.45, 7) is 2.25. The van der Waals surface area contributed by atoms with Gasteiger partial charge in [-0.3, -0.25) is 0 Å². The second-order valence-corrected chi connectivity index (χ2v) is 5.45. The van der Waals surface area contributed by atoms with E-state index in [1.54, 1.807) is 0 Å². The third kappa shape index (κ3) is 1.59. The zero-order valence-corrected chi connectivity index (χ0v) is 11.7. The number of fused-ring (bicyclic) bond motifs is 4. The Morgan fingerprint density at radius 3 is 2.65 bits per heavy atom. The van der Waals surface area contributed by atoms with E-state index in [9.17, 15) is 0 Å². The Kier molecular flexibility index (Phi) is 2.59. The van der Waals surface area contributed by atoms with Gasteiger partial charge in [-0.15, -0.1) is 0 Å². The van der Waals surface area contributed by atoms with Gasteiger partial charge in [0.25, 0.3) is 0 Å². The number of nitrogens with zero attached hydrogens (tertiary/aromatic N) is 1. The molecule has 1 heterocycles. The SMILES string of the molecule is CCc1c2c(nc3ccccc13)-c1ccccc1CC2. The molecule has 1 aliphatic carbocycles. The third-order valence-corrected chi connectivity index (χ3v) is 4.38. The minimum Gasteiger partial charge on any atom is -0.247 e. The lowest BCUT2D eigenvalue weighted by atomic mass is 9.84. The summed E-state index contributed by atoms with van der Waals surface area (Å²) in [5, 5.41) is 1.33. The van der Waals surface area contributed by atoms with Crippen molar-refractivity contribution in [3.63, 3.8) is 0 Å². The van der Waals surface area contributed by atoms with Crippen LogP contribution < -0.4 is 0 Å². The van der Waals surface area contributed by atoms with Crippen molar-refractivity contribution in [3.8, 4) is 11.3 Å². The van der Waals surface area contributed by atoms with Gasteiger partial charge in [-0.2, -0.15) is 0 Å². The van der Waals surface area contributed by atoms with Gasteiger partial charge in [-0.05, 0) is 42.0 Å². The lowest BCUT2D eigenvalue weighted by Crippen LogP contribution is -2.09. The summed E-state index contributed by atoms with van der Waals surface area (Å²) in [4.78, 5) is 4.97. The Hall–Kier alpha value is -2.15. The maximum absolute atomic E-state index is 4.97. The molecule has 4 rings (SSSR count).